The first-order valence-electron chi connectivity index (χ1n) is 9.35. The van der Waals surface area contributed by atoms with Gasteiger partial charge in [-0.2, -0.15) is 0 Å². The average Bonchev–Trinajstić information content (AvgIpc) is 2.82. The van der Waals surface area contributed by atoms with E-state index in [1.807, 2.05) is 0 Å². The number of nitrogens with zero attached hydrogens (tertiary/aromatic N) is 3. The van der Waals surface area contributed by atoms with E-state index in [1.54, 1.807) is 12.1 Å². The molecule has 1 aromatic rings. The minimum atomic E-state index is -0.211. The Kier molecular flexibility index (Phi) is 8.69. The monoisotopic (exact) mass is 349 g/mol. The van der Waals surface area contributed by atoms with E-state index in [1.165, 1.54) is 31.6 Å². The minimum absolute atomic E-state index is 0.211. The van der Waals surface area contributed by atoms with Gasteiger partial charge in [-0.3, -0.25) is 0 Å². The second kappa shape index (κ2) is 11.1. The van der Waals surface area contributed by atoms with Crippen LogP contribution in [0.2, 0.25) is 0 Å². The number of likely N-dealkylation sites (N-methyl/N-ethyl adjacent to an activating group) is 1. The largest absolute Gasteiger partial charge is 0.357 e. The van der Waals surface area contributed by atoms with Gasteiger partial charge in [-0.05, 0) is 64.1 Å². The van der Waals surface area contributed by atoms with E-state index >= 15 is 0 Å². The molecular weight excluding hydrogens is 317 g/mol. The van der Waals surface area contributed by atoms with Crippen LogP contribution in [0.1, 0.15) is 25.3 Å². The molecule has 2 rings (SSSR count). The summed E-state index contributed by atoms with van der Waals surface area (Å²) in [4.78, 5) is 9.53. The minimum Gasteiger partial charge on any atom is -0.357 e. The van der Waals surface area contributed by atoms with Crippen molar-refractivity contribution in [3.63, 3.8) is 0 Å². The maximum atomic E-state index is 12.9. The standard InChI is InChI=1S/C19H32FN5/c1-3-21-19(23-16-17-6-8-18(20)9-7-17)22-10-4-12-25-13-5-11-24(2)14-15-25/h6-9H,3-5,10-16H2,1-2H3,(H2,21,22,23). The zero-order chi connectivity index (χ0) is 17.9. The lowest BCUT2D eigenvalue weighted by atomic mass is 10.2. The van der Waals surface area contributed by atoms with Crippen molar-refractivity contribution in [3.8, 4) is 0 Å². The van der Waals surface area contributed by atoms with E-state index < -0.39 is 0 Å². The summed E-state index contributed by atoms with van der Waals surface area (Å²) in [5, 5.41) is 6.66. The molecule has 0 aromatic heterocycles. The van der Waals surface area contributed by atoms with Gasteiger partial charge in [0.1, 0.15) is 5.82 Å². The predicted octanol–water partition coefficient (Wildman–Crippen LogP) is 1.91. The maximum absolute atomic E-state index is 12.9. The van der Waals surface area contributed by atoms with Gasteiger partial charge in [0.15, 0.2) is 5.96 Å². The number of benzene rings is 1. The summed E-state index contributed by atoms with van der Waals surface area (Å²) in [5.41, 5.74) is 1.01. The highest BCUT2D eigenvalue weighted by Gasteiger charge is 2.11. The molecule has 0 aliphatic carbocycles. The Morgan fingerprint density at radius 2 is 1.92 bits per heavy atom. The van der Waals surface area contributed by atoms with E-state index in [0.29, 0.717) is 6.54 Å². The van der Waals surface area contributed by atoms with Crippen molar-refractivity contribution < 1.29 is 4.39 Å². The van der Waals surface area contributed by atoms with Gasteiger partial charge in [-0.1, -0.05) is 12.1 Å². The fourth-order valence-electron chi connectivity index (χ4n) is 2.93. The molecule has 0 bridgehead atoms. The summed E-state index contributed by atoms with van der Waals surface area (Å²) in [6.07, 6.45) is 2.36. The molecule has 0 unspecified atom stereocenters. The first-order valence-corrected chi connectivity index (χ1v) is 9.35. The van der Waals surface area contributed by atoms with Crippen molar-refractivity contribution in [2.45, 2.75) is 26.3 Å². The fraction of sp³-hybridized carbons (Fsp3) is 0.632. The van der Waals surface area contributed by atoms with Gasteiger partial charge < -0.3 is 20.4 Å². The van der Waals surface area contributed by atoms with Crippen LogP contribution in [-0.2, 0) is 6.54 Å². The van der Waals surface area contributed by atoms with Crippen molar-refractivity contribution in [3.05, 3.63) is 35.6 Å². The Morgan fingerprint density at radius 3 is 2.68 bits per heavy atom. The lowest BCUT2D eigenvalue weighted by Crippen LogP contribution is -2.39. The Balaban J connectivity index is 1.71. The highest BCUT2D eigenvalue weighted by molar-refractivity contribution is 5.79. The van der Waals surface area contributed by atoms with Gasteiger partial charge in [0, 0.05) is 26.2 Å². The normalized spacial score (nSPS) is 17.3. The first kappa shape index (κ1) is 19.7. The SMILES string of the molecule is CCNC(=NCc1ccc(F)cc1)NCCCN1CCCN(C)CC1. The first-order chi connectivity index (χ1) is 12.2. The molecule has 1 fully saturated rings. The van der Waals surface area contributed by atoms with Gasteiger partial charge in [0.2, 0.25) is 0 Å². The molecule has 0 spiro atoms. The summed E-state index contributed by atoms with van der Waals surface area (Å²) in [5.74, 6) is 0.611. The third-order valence-corrected chi connectivity index (χ3v) is 4.43. The van der Waals surface area contributed by atoms with Crippen LogP contribution in [-0.4, -0.2) is 68.6 Å². The molecule has 6 heteroatoms. The van der Waals surface area contributed by atoms with Crippen LogP contribution in [0.25, 0.3) is 0 Å². The van der Waals surface area contributed by atoms with Gasteiger partial charge in [-0.15, -0.1) is 0 Å². The molecule has 0 saturated carbocycles. The fourth-order valence-corrected chi connectivity index (χ4v) is 2.93. The summed E-state index contributed by atoms with van der Waals surface area (Å²) >= 11 is 0. The molecular formula is C19H32FN5. The van der Waals surface area contributed by atoms with Crippen molar-refractivity contribution >= 4 is 5.96 Å². The van der Waals surface area contributed by atoms with Crippen LogP contribution < -0.4 is 10.6 Å². The summed E-state index contributed by atoms with van der Waals surface area (Å²) in [7, 11) is 2.20. The Morgan fingerprint density at radius 1 is 1.12 bits per heavy atom. The summed E-state index contributed by atoms with van der Waals surface area (Å²) in [6, 6.07) is 6.51. The smallest absolute Gasteiger partial charge is 0.191 e. The molecule has 0 atom stereocenters. The highest BCUT2D eigenvalue weighted by Crippen LogP contribution is 2.04. The van der Waals surface area contributed by atoms with E-state index in [-0.39, 0.29) is 5.82 Å². The van der Waals surface area contributed by atoms with E-state index in [4.69, 9.17) is 0 Å². The molecule has 5 nitrogen and oxygen atoms in total. The van der Waals surface area contributed by atoms with E-state index in [9.17, 15) is 4.39 Å². The lowest BCUT2D eigenvalue weighted by molar-refractivity contribution is 0.274. The number of rotatable bonds is 7. The van der Waals surface area contributed by atoms with Crippen molar-refractivity contribution in [1.82, 2.24) is 20.4 Å². The lowest BCUT2D eigenvalue weighted by Gasteiger charge is -2.20. The summed E-state index contributed by atoms with van der Waals surface area (Å²) < 4.78 is 12.9. The van der Waals surface area contributed by atoms with Gasteiger partial charge in [0.05, 0.1) is 6.54 Å². The van der Waals surface area contributed by atoms with Crippen LogP contribution in [0.5, 0.6) is 0 Å². The van der Waals surface area contributed by atoms with Gasteiger partial charge in [-0.25, -0.2) is 9.38 Å². The Hall–Kier alpha value is -1.66. The molecule has 1 aliphatic heterocycles. The van der Waals surface area contributed by atoms with Gasteiger partial charge >= 0.3 is 0 Å². The van der Waals surface area contributed by atoms with Crippen LogP contribution in [0.3, 0.4) is 0 Å². The quantitative estimate of drug-likeness (QED) is 0.448. The Labute approximate surface area is 151 Å². The molecule has 140 valence electrons. The molecule has 1 aliphatic rings. The van der Waals surface area contributed by atoms with Crippen LogP contribution in [0.4, 0.5) is 4.39 Å². The number of hydrogen-bond donors (Lipinski definition) is 2. The zero-order valence-corrected chi connectivity index (χ0v) is 15.6. The molecule has 0 amide bonds. The van der Waals surface area contributed by atoms with Crippen molar-refractivity contribution in [2.24, 2.45) is 4.99 Å². The van der Waals surface area contributed by atoms with Crippen LogP contribution in [0.15, 0.2) is 29.3 Å². The average molecular weight is 349 g/mol. The molecule has 1 saturated heterocycles. The third-order valence-electron chi connectivity index (χ3n) is 4.43. The number of halogens is 1. The van der Waals surface area contributed by atoms with Crippen molar-refractivity contribution in [2.75, 3.05) is 52.9 Å². The second-order valence-electron chi connectivity index (χ2n) is 6.60. The Bertz CT molecular complexity index is 517. The zero-order valence-electron chi connectivity index (χ0n) is 15.6. The summed E-state index contributed by atoms with van der Waals surface area (Å²) in [6.45, 7) is 10.2. The van der Waals surface area contributed by atoms with E-state index in [0.717, 1.165) is 50.7 Å². The number of aliphatic imine (C=N–C) groups is 1. The maximum Gasteiger partial charge on any atom is 0.191 e. The number of hydrogen-bond acceptors (Lipinski definition) is 3. The number of guanidine groups is 1. The van der Waals surface area contributed by atoms with E-state index in [2.05, 4.69) is 39.4 Å². The number of nitrogens with one attached hydrogen (secondary N) is 2. The highest BCUT2D eigenvalue weighted by atomic mass is 19.1. The van der Waals surface area contributed by atoms with Crippen LogP contribution in [0, 0.1) is 5.82 Å². The second-order valence-corrected chi connectivity index (χ2v) is 6.60. The van der Waals surface area contributed by atoms with Gasteiger partial charge in [0.25, 0.3) is 0 Å². The van der Waals surface area contributed by atoms with Crippen LogP contribution >= 0.6 is 0 Å². The topological polar surface area (TPSA) is 42.9 Å². The molecule has 25 heavy (non-hydrogen) atoms. The molecule has 0 radical (unpaired) electrons. The third kappa shape index (κ3) is 7.84. The predicted molar refractivity (Wildman–Crippen MR) is 102 cm³/mol. The molecule has 1 aromatic carbocycles. The van der Waals surface area contributed by atoms with Crippen molar-refractivity contribution in [1.29, 1.82) is 0 Å². The molecule has 2 N–H and O–H groups in total. The molecule has 1 heterocycles.